The SMILES string of the molecule is C[C@H](OC(=O)c1cccc(S(=O)(=O)N2CCCCC2)c1)C(=O)c1ccc(F)cc1. The van der Waals surface area contributed by atoms with E-state index in [4.69, 9.17) is 4.74 Å². The molecule has 6 nitrogen and oxygen atoms in total. The highest BCUT2D eigenvalue weighted by molar-refractivity contribution is 7.89. The highest BCUT2D eigenvalue weighted by Gasteiger charge is 2.27. The molecular formula is C21H22FNO5S. The molecule has 0 bridgehead atoms. The van der Waals surface area contributed by atoms with Crippen LogP contribution in [0.4, 0.5) is 4.39 Å². The fourth-order valence-corrected chi connectivity index (χ4v) is 4.73. The van der Waals surface area contributed by atoms with Crippen LogP contribution in [0.3, 0.4) is 0 Å². The van der Waals surface area contributed by atoms with Crippen molar-refractivity contribution < 1.29 is 27.1 Å². The van der Waals surface area contributed by atoms with E-state index in [1.807, 2.05) is 0 Å². The van der Waals surface area contributed by atoms with Gasteiger partial charge >= 0.3 is 5.97 Å². The van der Waals surface area contributed by atoms with Crippen LogP contribution in [0.5, 0.6) is 0 Å². The highest BCUT2D eigenvalue weighted by Crippen LogP contribution is 2.22. The Morgan fingerprint density at radius 2 is 1.66 bits per heavy atom. The Morgan fingerprint density at radius 3 is 2.31 bits per heavy atom. The zero-order chi connectivity index (χ0) is 21.0. The molecule has 1 aliphatic rings. The van der Waals surface area contributed by atoms with Crippen molar-refractivity contribution in [2.45, 2.75) is 37.2 Å². The van der Waals surface area contributed by atoms with Crippen molar-refractivity contribution in [2.75, 3.05) is 13.1 Å². The van der Waals surface area contributed by atoms with Crippen LogP contribution < -0.4 is 0 Å². The van der Waals surface area contributed by atoms with Crippen LogP contribution in [0.1, 0.15) is 46.9 Å². The number of benzene rings is 2. The molecule has 0 aliphatic carbocycles. The summed E-state index contributed by atoms with van der Waals surface area (Å²) in [5.74, 6) is -1.75. The molecule has 1 saturated heterocycles. The summed E-state index contributed by atoms with van der Waals surface area (Å²) in [6, 6.07) is 10.5. The van der Waals surface area contributed by atoms with Crippen molar-refractivity contribution in [1.29, 1.82) is 0 Å². The number of ether oxygens (including phenoxy) is 1. The molecule has 0 amide bonds. The lowest BCUT2D eigenvalue weighted by atomic mass is 10.1. The number of Topliss-reactive ketones (excluding diaryl/α,β-unsaturated/α-hetero) is 1. The molecule has 8 heteroatoms. The van der Waals surface area contributed by atoms with Gasteiger partial charge in [0, 0.05) is 18.7 Å². The number of carbonyl (C=O) groups is 2. The molecule has 1 heterocycles. The largest absolute Gasteiger partial charge is 0.451 e. The molecule has 0 unspecified atom stereocenters. The molecule has 0 aromatic heterocycles. The summed E-state index contributed by atoms with van der Waals surface area (Å²) >= 11 is 0. The summed E-state index contributed by atoms with van der Waals surface area (Å²) in [5.41, 5.74) is 0.259. The molecular weight excluding hydrogens is 397 g/mol. The molecule has 0 radical (unpaired) electrons. The van der Waals surface area contributed by atoms with Crippen LogP contribution in [0.2, 0.25) is 0 Å². The number of piperidine rings is 1. The van der Waals surface area contributed by atoms with Crippen LogP contribution in [0, 0.1) is 5.82 Å². The van der Waals surface area contributed by atoms with E-state index in [1.165, 1.54) is 47.6 Å². The third-order valence-corrected chi connectivity index (χ3v) is 6.70. The van der Waals surface area contributed by atoms with Crippen molar-refractivity contribution in [3.05, 3.63) is 65.5 Å². The Hall–Kier alpha value is -2.58. The molecule has 0 N–H and O–H groups in total. The van der Waals surface area contributed by atoms with E-state index in [0.717, 1.165) is 31.4 Å². The number of ketones is 1. The number of esters is 1. The number of carbonyl (C=O) groups excluding carboxylic acids is 2. The van der Waals surface area contributed by atoms with Gasteiger partial charge in [-0.25, -0.2) is 17.6 Å². The van der Waals surface area contributed by atoms with Gasteiger partial charge < -0.3 is 4.74 Å². The van der Waals surface area contributed by atoms with Crippen molar-refractivity contribution in [3.8, 4) is 0 Å². The minimum Gasteiger partial charge on any atom is -0.451 e. The van der Waals surface area contributed by atoms with Crippen LogP contribution in [0.25, 0.3) is 0 Å². The number of rotatable bonds is 6. The first kappa shape index (κ1) is 21.1. The third-order valence-electron chi connectivity index (χ3n) is 4.80. The third kappa shape index (κ3) is 4.89. The molecule has 29 heavy (non-hydrogen) atoms. The number of halogens is 1. The maximum Gasteiger partial charge on any atom is 0.338 e. The van der Waals surface area contributed by atoms with Crippen molar-refractivity contribution in [2.24, 2.45) is 0 Å². The first-order chi connectivity index (χ1) is 13.8. The van der Waals surface area contributed by atoms with Gasteiger partial charge in [-0.15, -0.1) is 0 Å². The molecule has 3 rings (SSSR count). The highest BCUT2D eigenvalue weighted by atomic mass is 32.2. The molecule has 0 spiro atoms. The van der Waals surface area contributed by atoms with Crippen LogP contribution >= 0.6 is 0 Å². The molecule has 1 atom stereocenters. The molecule has 1 aliphatic heterocycles. The molecule has 1 fully saturated rings. The lowest BCUT2D eigenvalue weighted by Crippen LogP contribution is -2.35. The molecule has 2 aromatic carbocycles. The standard InChI is InChI=1S/C21H22FNO5S/c1-15(20(24)16-8-10-18(22)11-9-16)28-21(25)17-6-5-7-19(14-17)29(26,27)23-12-3-2-4-13-23/h5-11,14-15H,2-4,12-13H2,1H3/t15-/m0/s1. The normalized spacial score (nSPS) is 16.2. The molecule has 154 valence electrons. The fourth-order valence-electron chi connectivity index (χ4n) is 3.17. The quantitative estimate of drug-likeness (QED) is 0.529. The molecule has 0 saturated carbocycles. The number of nitrogens with zero attached hydrogens (tertiary/aromatic N) is 1. The number of sulfonamides is 1. The Morgan fingerprint density at radius 1 is 1.00 bits per heavy atom. The summed E-state index contributed by atoms with van der Waals surface area (Å²) in [6.45, 7) is 2.33. The zero-order valence-corrected chi connectivity index (χ0v) is 16.8. The summed E-state index contributed by atoms with van der Waals surface area (Å²) in [5, 5.41) is 0. The summed E-state index contributed by atoms with van der Waals surface area (Å²) < 4.78 is 45.2. The first-order valence-electron chi connectivity index (χ1n) is 9.40. The lowest BCUT2D eigenvalue weighted by Gasteiger charge is -2.26. The van der Waals surface area contributed by atoms with E-state index >= 15 is 0 Å². The van der Waals surface area contributed by atoms with Gasteiger partial charge in [-0.05, 0) is 62.2 Å². The summed E-state index contributed by atoms with van der Waals surface area (Å²) in [6.07, 6.45) is 1.52. The second kappa shape index (κ2) is 8.84. The predicted octanol–water partition coefficient (Wildman–Crippen LogP) is 3.43. The Labute approximate surface area is 169 Å². The minimum atomic E-state index is -3.69. The topological polar surface area (TPSA) is 80.8 Å². The summed E-state index contributed by atoms with van der Waals surface area (Å²) in [7, 11) is -3.69. The van der Waals surface area contributed by atoms with Gasteiger partial charge in [0.15, 0.2) is 6.10 Å². The first-order valence-corrected chi connectivity index (χ1v) is 10.8. The van der Waals surface area contributed by atoms with Gasteiger partial charge in [-0.2, -0.15) is 4.31 Å². The Kier molecular flexibility index (Phi) is 6.44. The second-order valence-electron chi connectivity index (χ2n) is 6.91. The predicted molar refractivity (Wildman–Crippen MR) is 105 cm³/mol. The Balaban J connectivity index is 1.73. The van der Waals surface area contributed by atoms with Crippen LogP contribution in [-0.4, -0.2) is 43.7 Å². The second-order valence-corrected chi connectivity index (χ2v) is 8.85. The Bertz CT molecular complexity index is 998. The van der Waals surface area contributed by atoms with Crippen molar-refractivity contribution >= 4 is 21.8 Å². The average molecular weight is 419 g/mol. The molecule has 2 aromatic rings. The van der Waals surface area contributed by atoms with E-state index in [0.29, 0.717) is 13.1 Å². The van der Waals surface area contributed by atoms with Gasteiger partial charge in [0.2, 0.25) is 15.8 Å². The number of hydrogen-bond acceptors (Lipinski definition) is 5. The van der Waals surface area contributed by atoms with E-state index in [9.17, 15) is 22.4 Å². The van der Waals surface area contributed by atoms with Gasteiger partial charge in [0.05, 0.1) is 10.5 Å². The van der Waals surface area contributed by atoms with E-state index < -0.39 is 33.7 Å². The number of hydrogen-bond donors (Lipinski definition) is 0. The lowest BCUT2D eigenvalue weighted by molar-refractivity contribution is 0.0318. The van der Waals surface area contributed by atoms with Crippen molar-refractivity contribution in [1.82, 2.24) is 4.31 Å². The summed E-state index contributed by atoms with van der Waals surface area (Å²) in [4.78, 5) is 24.8. The van der Waals surface area contributed by atoms with Gasteiger partial charge in [-0.3, -0.25) is 4.79 Å². The van der Waals surface area contributed by atoms with E-state index in [-0.39, 0.29) is 16.0 Å². The monoisotopic (exact) mass is 419 g/mol. The van der Waals surface area contributed by atoms with Gasteiger partial charge in [-0.1, -0.05) is 12.5 Å². The maximum atomic E-state index is 13.0. The average Bonchev–Trinajstić information content (AvgIpc) is 2.74. The zero-order valence-electron chi connectivity index (χ0n) is 16.0. The van der Waals surface area contributed by atoms with Crippen LogP contribution in [-0.2, 0) is 14.8 Å². The van der Waals surface area contributed by atoms with E-state index in [1.54, 1.807) is 0 Å². The van der Waals surface area contributed by atoms with Gasteiger partial charge in [0.1, 0.15) is 5.82 Å². The fraction of sp³-hybridized carbons (Fsp3) is 0.333. The van der Waals surface area contributed by atoms with E-state index in [2.05, 4.69) is 0 Å². The van der Waals surface area contributed by atoms with Crippen molar-refractivity contribution in [3.63, 3.8) is 0 Å². The van der Waals surface area contributed by atoms with Crippen LogP contribution in [0.15, 0.2) is 53.4 Å². The maximum absolute atomic E-state index is 13.0. The smallest absolute Gasteiger partial charge is 0.338 e. The van der Waals surface area contributed by atoms with Gasteiger partial charge in [0.25, 0.3) is 0 Å². The minimum absolute atomic E-state index is 0.0198.